The lowest BCUT2D eigenvalue weighted by molar-refractivity contribution is 0.618. The Labute approximate surface area is 85.8 Å². The molecule has 13 heavy (non-hydrogen) atoms. The summed E-state index contributed by atoms with van der Waals surface area (Å²) in [5.74, 6) is 2.76. The van der Waals surface area contributed by atoms with Gasteiger partial charge >= 0.3 is 0 Å². The molecule has 0 saturated carbocycles. The minimum absolute atomic E-state index is 0.910. The minimum atomic E-state index is 0.910. The van der Waals surface area contributed by atoms with Crippen molar-refractivity contribution in [3.63, 3.8) is 0 Å². The quantitative estimate of drug-likeness (QED) is 0.464. The van der Waals surface area contributed by atoms with E-state index in [1.54, 1.807) is 0 Å². The van der Waals surface area contributed by atoms with E-state index in [1.165, 1.54) is 18.4 Å². The molecule has 0 bridgehead atoms. The van der Waals surface area contributed by atoms with Crippen LogP contribution in [0.4, 0.5) is 0 Å². The fraction of sp³-hybridized carbons (Fsp3) is 0.545. The lowest BCUT2D eigenvalue weighted by atomic mass is 9.92. The van der Waals surface area contributed by atoms with Crippen LogP contribution in [0.3, 0.4) is 0 Å². The first-order valence-corrected chi connectivity index (χ1v) is 4.98. The van der Waals surface area contributed by atoms with Crippen LogP contribution in [-0.2, 0) is 0 Å². The topological polar surface area (TPSA) is 3.24 Å². The van der Waals surface area contributed by atoms with Crippen molar-refractivity contribution >= 4 is 17.2 Å². The summed E-state index contributed by atoms with van der Waals surface area (Å²) in [6, 6.07) is 0. The fourth-order valence-corrected chi connectivity index (χ4v) is 1.80. The van der Waals surface area contributed by atoms with Crippen molar-refractivity contribution in [2.45, 2.75) is 25.7 Å². The Morgan fingerprint density at radius 2 is 2.00 bits per heavy atom. The Bertz CT molecular complexity index is 281. The third-order valence-electron chi connectivity index (χ3n) is 2.31. The Morgan fingerprint density at radius 3 is 2.54 bits per heavy atom. The molecule has 0 fully saturated rings. The Kier molecular flexibility index (Phi) is 3.50. The van der Waals surface area contributed by atoms with Crippen LogP contribution in [0, 0.1) is 12.3 Å². The van der Waals surface area contributed by atoms with Gasteiger partial charge in [-0.25, -0.2) is 0 Å². The summed E-state index contributed by atoms with van der Waals surface area (Å²) in [5, 5.41) is 0. The molecule has 0 amide bonds. The van der Waals surface area contributed by atoms with E-state index in [1.807, 2.05) is 19.0 Å². The van der Waals surface area contributed by atoms with Gasteiger partial charge in [0.25, 0.3) is 0 Å². The zero-order valence-electron chi connectivity index (χ0n) is 8.26. The van der Waals surface area contributed by atoms with Crippen LogP contribution >= 0.6 is 12.2 Å². The highest BCUT2D eigenvalue weighted by Crippen LogP contribution is 2.25. The molecule has 1 rings (SSSR count). The van der Waals surface area contributed by atoms with Crippen LogP contribution in [0.1, 0.15) is 25.7 Å². The number of nitrogens with zero attached hydrogens (tertiary/aromatic N) is 1. The molecule has 0 aromatic rings. The van der Waals surface area contributed by atoms with Crippen LogP contribution in [0.5, 0.6) is 0 Å². The molecule has 0 heterocycles. The van der Waals surface area contributed by atoms with Crippen LogP contribution in [0.2, 0.25) is 0 Å². The van der Waals surface area contributed by atoms with Gasteiger partial charge in [-0.1, -0.05) is 18.1 Å². The standard InChI is InChI=1S/C11H15NS/c1-4-9-7-5-6-8-10(9)11(13)12(2)3/h1H,5-8H2,2-3H3. The van der Waals surface area contributed by atoms with Gasteiger partial charge in [-0.3, -0.25) is 0 Å². The van der Waals surface area contributed by atoms with Crippen LogP contribution in [-0.4, -0.2) is 24.0 Å². The lowest BCUT2D eigenvalue weighted by Crippen LogP contribution is -2.23. The summed E-state index contributed by atoms with van der Waals surface area (Å²) >= 11 is 5.31. The van der Waals surface area contributed by atoms with Gasteiger partial charge in [0.1, 0.15) is 4.99 Å². The van der Waals surface area contributed by atoms with E-state index < -0.39 is 0 Å². The molecule has 0 atom stereocenters. The van der Waals surface area contributed by atoms with E-state index in [9.17, 15) is 0 Å². The first kappa shape index (κ1) is 10.3. The predicted octanol–water partition coefficient (Wildman–Crippen LogP) is 2.38. The highest BCUT2D eigenvalue weighted by atomic mass is 32.1. The van der Waals surface area contributed by atoms with Crippen LogP contribution in [0.25, 0.3) is 0 Å². The highest BCUT2D eigenvalue weighted by Gasteiger charge is 2.15. The number of terminal acetylenes is 1. The van der Waals surface area contributed by atoms with E-state index >= 15 is 0 Å². The van der Waals surface area contributed by atoms with Crippen molar-refractivity contribution in [3.05, 3.63) is 11.1 Å². The molecular formula is C11H15NS. The van der Waals surface area contributed by atoms with Gasteiger partial charge in [-0.2, -0.15) is 0 Å². The fourth-order valence-electron chi connectivity index (χ4n) is 1.57. The lowest BCUT2D eigenvalue weighted by Gasteiger charge is -2.22. The van der Waals surface area contributed by atoms with Crippen molar-refractivity contribution in [1.29, 1.82) is 0 Å². The van der Waals surface area contributed by atoms with Gasteiger partial charge in [0.05, 0.1) is 0 Å². The van der Waals surface area contributed by atoms with Crippen molar-refractivity contribution in [3.8, 4) is 12.3 Å². The number of thiocarbonyl (C=S) groups is 1. The van der Waals surface area contributed by atoms with Gasteiger partial charge < -0.3 is 4.90 Å². The average Bonchev–Trinajstić information content (AvgIpc) is 2.16. The summed E-state index contributed by atoms with van der Waals surface area (Å²) in [4.78, 5) is 2.88. The van der Waals surface area contributed by atoms with Gasteiger partial charge in [0.2, 0.25) is 0 Å². The maximum atomic E-state index is 5.45. The van der Waals surface area contributed by atoms with Gasteiger partial charge in [0.15, 0.2) is 0 Å². The molecular weight excluding hydrogens is 178 g/mol. The molecule has 0 aliphatic heterocycles. The van der Waals surface area contributed by atoms with E-state index in [0.717, 1.165) is 23.4 Å². The second kappa shape index (κ2) is 4.43. The molecule has 0 unspecified atom stereocenters. The third kappa shape index (κ3) is 2.32. The average molecular weight is 193 g/mol. The molecule has 0 N–H and O–H groups in total. The smallest absolute Gasteiger partial charge is 0.105 e. The largest absolute Gasteiger partial charge is 0.369 e. The molecule has 0 aromatic carbocycles. The number of hydrogen-bond donors (Lipinski definition) is 0. The Balaban J connectivity index is 2.92. The summed E-state index contributed by atoms with van der Waals surface area (Å²) < 4.78 is 0. The summed E-state index contributed by atoms with van der Waals surface area (Å²) in [6.45, 7) is 0. The molecule has 1 aliphatic carbocycles. The zero-order chi connectivity index (χ0) is 9.84. The van der Waals surface area contributed by atoms with Gasteiger partial charge in [0, 0.05) is 19.7 Å². The number of rotatable bonds is 1. The molecule has 2 heteroatoms. The molecule has 70 valence electrons. The first-order valence-electron chi connectivity index (χ1n) is 4.57. The van der Waals surface area contributed by atoms with Gasteiger partial charge in [-0.05, 0) is 31.3 Å². The van der Waals surface area contributed by atoms with Crippen molar-refractivity contribution in [2.24, 2.45) is 0 Å². The van der Waals surface area contributed by atoms with Crippen LogP contribution in [0.15, 0.2) is 11.1 Å². The molecule has 1 nitrogen and oxygen atoms in total. The van der Waals surface area contributed by atoms with E-state index in [0.29, 0.717) is 0 Å². The van der Waals surface area contributed by atoms with E-state index in [2.05, 4.69) is 5.92 Å². The number of likely N-dealkylation sites (N-methyl/N-ethyl adjacent to an activating group) is 1. The maximum absolute atomic E-state index is 5.45. The molecule has 0 aromatic heterocycles. The molecule has 0 radical (unpaired) electrons. The zero-order valence-corrected chi connectivity index (χ0v) is 9.08. The molecule has 1 aliphatic rings. The van der Waals surface area contributed by atoms with Crippen molar-refractivity contribution in [2.75, 3.05) is 14.1 Å². The SMILES string of the molecule is C#CC1=C(C(=S)N(C)C)CCCC1. The van der Waals surface area contributed by atoms with Crippen LogP contribution < -0.4 is 0 Å². The van der Waals surface area contributed by atoms with E-state index in [4.69, 9.17) is 18.6 Å². The summed E-state index contributed by atoms with van der Waals surface area (Å²) in [6.07, 6.45) is 9.95. The normalized spacial score (nSPS) is 16.7. The number of hydrogen-bond acceptors (Lipinski definition) is 1. The third-order valence-corrected chi connectivity index (χ3v) is 2.92. The van der Waals surface area contributed by atoms with Gasteiger partial charge in [-0.15, -0.1) is 6.42 Å². The molecule has 0 spiro atoms. The Hall–Kier alpha value is -0.810. The Morgan fingerprint density at radius 1 is 1.38 bits per heavy atom. The highest BCUT2D eigenvalue weighted by molar-refractivity contribution is 7.80. The van der Waals surface area contributed by atoms with Crippen molar-refractivity contribution < 1.29 is 0 Å². The molecule has 0 saturated heterocycles. The minimum Gasteiger partial charge on any atom is -0.369 e. The second-order valence-corrected chi connectivity index (χ2v) is 3.89. The van der Waals surface area contributed by atoms with Crippen molar-refractivity contribution in [1.82, 2.24) is 4.90 Å². The first-order chi connectivity index (χ1) is 6.16. The summed E-state index contributed by atoms with van der Waals surface area (Å²) in [7, 11) is 3.94. The van der Waals surface area contributed by atoms with E-state index in [-0.39, 0.29) is 0 Å². The maximum Gasteiger partial charge on any atom is 0.105 e. The number of allylic oxidation sites excluding steroid dienone is 1. The monoisotopic (exact) mass is 193 g/mol. The summed E-state index contributed by atoms with van der Waals surface area (Å²) in [5.41, 5.74) is 2.33. The second-order valence-electron chi connectivity index (χ2n) is 3.51. The predicted molar refractivity (Wildman–Crippen MR) is 60.6 cm³/mol.